The van der Waals surface area contributed by atoms with E-state index in [4.69, 9.17) is 23.2 Å². The molecule has 5 nitrogen and oxygen atoms in total. The van der Waals surface area contributed by atoms with E-state index in [2.05, 4.69) is 9.97 Å². The van der Waals surface area contributed by atoms with Crippen LogP contribution in [0.4, 0.5) is 0 Å². The zero-order chi connectivity index (χ0) is 16.7. The highest BCUT2D eigenvalue weighted by molar-refractivity contribution is 6.38. The average Bonchev–Trinajstić information content (AvgIpc) is 2.81. The number of aromatic nitrogens is 3. The van der Waals surface area contributed by atoms with E-state index in [9.17, 15) is 9.59 Å². The van der Waals surface area contributed by atoms with E-state index in [1.54, 1.807) is 6.07 Å². The molecular weight excluding hydrogens is 337 g/mol. The van der Waals surface area contributed by atoms with Gasteiger partial charge >= 0.3 is 0 Å². The number of ketones is 1. The molecular formula is C16H13Cl2N3O2. The molecule has 0 aliphatic heterocycles. The lowest BCUT2D eigenvalue weighted by Gasteiger charge is -2.07. The minimum atomic E-state index is -0.349. The number of aryl methyl sites for hydroxylation is 2. The van der Waals surface area contributed by atoms with E-state index < -0.39 is 0 Å². The molecule has 1 aromatic carbocycles. The van der Waals surface area contributed by atoms with Crippen molar-refractivity contribution >= 4 is 39.9 Å². The molecule has 0 fully saturated rings. The zero-order valence-electron chi connectivity index (χ0n) is 12.5. The van der Waals surface area contributed by atoms with Gasteiger partial charge < -0.3 is 4.98 Å². The minimum absolute atomic E-state index is 0.0932. The number of Topliss-reactive ketones (excluding diaryl/α,β-unsaturated/α-hetero) is 1. The second-order valence-corrected chi connectivity index (χ2v) is 6.22. The largest absolute Gasteiger partial charge is 0.362 e. The van der Waals surface area contributed by atoms with E-state index in [0.717, 1.165) is 11.4 Å². The van der Waals surface area contributed by atoms with Crippen LogP contribution in [-0.4, -0.2) is 20.3 Å². The molecule has 2 heterocycles. The van der Waals surface area contributed by atoms with Gasteiger partial charge in [0.1, 0.15) is 0 Å². The number of hydrogen-bond acceptors (Lipinski definition) is 3. The van der Waals surface area contributed by atoms with Gasteiger partial charge in [0.2, 0.25) is 0 Å². The van der Waals surface area contributed by atoms with Gasteiger partial charge in [-0.15, -0.1) is 0 Å². The summed E-state index contributed by atoms with van der Waals surface area (Å²) < 4.78 is 1.26. The quantitative estimate of drug-likeness (QED) is 0.735. The van der Waals surface area contributed by atoms with Crippen LogP contribution in [0.1, 0.15) is 21.7 Å². The van der Waals surface area contributed by atoms with Crippen LogP contribution in [0.25, 0.3) is 10.9 Å². The standard InChI is InChI=1S/C16H13Cl2N3O2/c1-8-3-11(9(2)20-8)14(22)6-21-7-19-15-12(16(21)23)4-10(17)5-13(15)18/h3-5,7,20H,6H2,1-2H3. The number of carbonyl (C=O) groups is 1. The first kappa shape index (κ1) is 15.8. The number of H-pyrrole nitrogens is 1. The molecule has 2 aromatic heterocycles. The summed E-state index contributed by atoms with van der Waals surface area (Å²) in [4.78, 5) is 32.2. The average molecular weight is 350 g/mol. The Hall–Kier alpha value is -2.11. The maximum absolute atomic E-state index is 12.5. The molecule has 0 unspecified atom stereocenters. The van der Waals surface area contributed by atoms with Crippen molar-refractivity contribution in [2.24, 2.45) is 0 Å². The Morgan fingerprint density at radius 3 is 2.65 bits per heavy atom. The van der Waals surface area contributed by atoms with Crippen LogP contribution in [0.15, 0.2) is 29.3 Å². The van der Waals surface area contributed by atoms with E-state index >= 15 is 0 Å². The molecule has 0 bridgehead atoms. The number of rotatable bonds is 3. The van der Waals surface area contributed by atoms with Gasteiger partial charge in [-0.1, -0.05) is 23.2 Å². The van der Waals surface area contributed by atoms with Crippen molar-refractivity contribution in [1.29, 1.82) is 0 Å². The molecule has 118 valence electrons. The summed E-state index contributed by atoms with van der Waals surface area (Å²) in [7, 11) is 0. The maximum Gasteiger partial charge on any atom is 0.261 e. The monoisotopic (exact) mass is 349 g/mol. The van der Waals surface area contributed by atoms with E-state index in [1.165, 1.54) is 23.0 Å². The van der Waals surface area contributed by atoms with Crippen molar-refractivity contribution in [2.75, 3.05) is 0 Å². The predicted molar refractivity (Wildman–Crippen MR) is 90.6 cm³/mol. The van der Waals surface area contributed by atoms with Crippen LogP contribution in [-0.2, 0) is 6.54 Å². The second kappa shape index (κ2) is 5.83. The molecule has 23 heavy (non-hydrogen) atoms. The van der Waals surface area contributed by atoms with Gasteiger partial charge in [-0.05, 0) is 32.0 Å². The number of aromatic amines is 1. The number of halogens is 2. The number of benzene rings is 1. The van der Waals surface area contributed by atoms with E-state index in [1.807, 2.05) is 13.8 Å². The highest BCUT2D eigenvalue weighted by Crippen LogP contribution is 2.24. The van der Waals surface area contributed by atoms with Crippen molar-refractivity contribution in [2.45, 2.75) is 20.4 Å². The lowest BCUT2D eigenvalue weighted by atomic mass is 10.1. The Kier molecular flexibility index (Phi) is 4.00. The SMILES string of the molecule is Cc1cc(C(=O)Cn2cnc3c(Cl)cc(Cl)cc3c2=O)c(C)[nH]1. The van der Waals surface area contributed by atoms with Crippen molar-refractivity contribution in [3.63, 3.8) is 0 Å². The van der Waals surface area contributed by atoms with Crippen molar-refractivity contribution in [1.82, 2.24) is 14.5 Å². The molecule has 0 amide bonds. The Morgan fingerprint density at radius 1 is 1.26 bits per heavy atom. The van der Waals surface area contributed by atoms with Gasteiger partial charge in [0.25, 0.3) is 5.56 Å². The highest BCUT2D eigenvalue weighted by Gasteiger charge is 2.15. The predicted octanol–water partition coefficient (Wildman–Crippen LogP) is 3.53. The third kappa shape index (κ3) is 2.90. The molecule has 0 saturated carbocycles. The van der Waals surface area contributed by atoms with Crippen LogP contribution >= 0.6 is 23.2 Å². The van der Waals surface area contributed by atoms with Crippen LogP contribution in [0.3, 0.4) is 0 Å². The number of hydrogen-bond donors (Lipinski definition) is 1. The molecule has 0 aliphatic rings. The summed E-state index contributed by atoms with van der Waals surface area (Å²) in [6.45, 7) is 3.60. The van der Waals surface area contributed by atoms with Gasteiger partial charge in [-0.2, -0.15) is 0 Å². The summed E-state index contributed by atoms with van der Waals surface area (Å²) in [5.41, 5.74) is 2.27. The van der Waals surface area contributed by atoms with E-state index in [0.29, 0.717) is 26.5 Å². The zero-order valence-corrected chi connectivity index (χ0v) is 14.0. The van der Waals surface area contributed by atoms with E-state index in [-0.39, 0.29) is 17.9 Å². The maximum atomic E-state index is 12.5. The molecule has 1 N–H and O–H groups in total. The lowest BCUT2D eigenvalue weighted by Crippen LogP contribution is -2.25. The highest BCUT2D eigenvalue weighted by atomic mass is 35.5. The van der Waals surface area contributed by atoms with Crippen molar-refractivity contribution < 1.29 is 4.79 Å². The van der Waals surface area contributed by atoms with Crippen molar-refractivity contribution in [3.05, 3.63) is 61.9 Å². The van der Waals surface area contributed by atoms with Gasteiger partial charge in [-0.3, -0.25) is 14.2 Å². The summed E-state index contributed by atoms with van der Waals surface area (Å²) in [6.07, 6.45) is 1.33. The number of nitrogens with one attached hydrogen (secondary N) is 1. The molecule has 0 radical (unpaired) electrons. The Labute approximate surface area is 141 Å². The third-order valence-electron chi connectivity index (χ3n) is 3.61. The van der Waals surface area contributed by atoms with Gasteiger partial charge in [0.15, 0.2) is 5.78 Å². The first-order valence-corrected chi connectivity index (χ1v) is 7.66. The first-order valence-electron chi connectivity index (χ1n) is 6.90. The van der Waals surface area contributed by atoms with Crippen LogP contribution in [0.2, 0.25) is 10.0 Å². The summed E-state index contributed by atoms with van der Waals surface area (Å²) in [6, 6.07) is 4.80. The van der Waals surface area contributed by atoms with Crippen LogP contribution in [0, 0.1) is 13.8 Å². The minimum Gasteiger partial charge on any atom is -0.362 e. The molecule has 0 atom stereocenters. The van der Waals surface area contributed by atoms with Gasteiger partial charge in [0, 0.05) is 22.0 Å². The van der Waals surface area contributed by atoms with Gasteiger partial charge in [-0.25, -0.2) is 4.98 Å². The smallest absolute Gasteiger partial charge is 0.261 e. The molecule has 3 aromatic rings. The topological polar surface area (TPSA) is 67.8 Å². The Bertz CT molecular complexity index is 989. The van der Waals surface area contributed by atoms with Gasteiger partial charge in [0.05, 0.1) is 28.8 Å². The molecule has 7 heteroatoms. The molecule has 3 rings (SSSR count). The molecule has 0 aliphatic carbocycles. The number of fused-ring (bicyclic) bond motifs is 1. The Balaban J connectivity index is 2.04. The fourth-order valence-electron chi connectivity index (χ4n) is 2.56. The molecule has 0 saturated heterocycles. The van der Waals surface area contributed by atoms with Crippen LogP contribution < -0.4 is 5.56 Å². The van der Waals surface area contributed by atoms with Crippen molar-refractivity contribution in [3.8, 4) is 0 Å². The fourth-order valence-corrected chi connectivity index (χ4v) is 3.10. The second-order valence-electron chi connectivity index (χ2n) is 5.38. The fraction of sp³-hybridized carbons (Fsp3) is 0.188. The lowest BCUT2D eigenvalue weighted by molar-refractivity contribution is 0.0970. The Morgan fingerprint density at radius 2 is 2.00 bits per heavy atom. The summed E-state index contributed by atoms with van der Waals surface area (Å²) in [5.74, 6) is -0.164. The summed E-state index contributed by atoms with van der Waals surface area (Å²) >= 11 is 12.0. The molecule has 0 spiro atoms. The third-order valence-corrected chi connectivity index (χ3v) is 4.12. The first-order chi connectivity index (χ1) is 10.9. The number of nitrogens with zero attached hydrogens (tertiary/aromatic N) is 2. The number of carbonyl (C=O) groups excluding carboxylic acids is 1. The normalized spacial score (nSPS) is 11.1. The summed E-state index contributed by atoms with van der Waals surface area (Å²) in [5, 5.41) is 0.947. The van der Waals surface area contributed by atoms with Crippen LogP contribution in [0.5, 0.6) is 0 Å².